The number of hydrogen-bond donors (Lipinski definition) is 0. The molecule has 10 heteroatoms. The van der Waals surface area contributed by atoms with Crippen molar-refractivity contribution in [1.82, 2.24) is 24.1 Å². The predicted octanol–water partition coefficient (Wildman–Crippen LogP) is 3.02. The molecule has 5 heterocycles. The third-order valence-corrected chi connectivity index (χ3v) is 7.60. The number of aromatic nitrogens is 3. The lowest BCUT2D eigenvalue weighted by Gasteiger charge is -2.40. The van der Waals surface area contributed by atoms with Gasteiger partial charge in [0, 0.05) is 51.4 Å². The number of ether oxygens (including phenoxy) is 2. The third-order valence-electron chi connectivity index (χ3n) is 7.60. The maximum absolute atomic E-state index is 13.8. The van der Waals surface area contributed by atoms with E-state index >= 15 is 0 Å². The van der Waals surface area contributed by atoms with Crippen molar-refractivity contribution in [3.63, 3.8) is 0 Å². The summed E-state index contributed by atoms with van der Waals surface area (Å²) in [5.41, 5.74) is 1.08. The maximum atomic E-state index is 13.8. The molecular formula is C27H30FN5O4. The minimum atomic E-state index is -0.523. The van der Waals surface area contributed by atoms with Gasteiger partial charge in [-0.1, -0.05) is 0 Å². The summed E-state index contributed by atoms with van der Waals surface area (Å²) >= 11 is 0. The van der Waals surface area contributed by atoms with Crippen LogP contribution in [-0.2, 0) is 14.3 Å². The second kappa shape index (κ2) is 9.75. The van der Waals surface area contributed by atoms with Gasteiger partial charge in [0.15, 0.2) is 11.6 Å². The fraction of sp³-hybridized carbons (Fsp3) is 0.444. The highest BCUT2D eigenvalue weighted by atomic mass is 19.1. The second-order valence-electron chi connectivity index (χ2n) is 9.88. The van der Waals surface area contributed by atoms with Crippen LogP contribution in [0.2, 0.25) is 0 Å². The number of piperidine rings is 2. The molecule has 3 aromatic rings. The van der Waals surface area contributed by atoms with E-state index in [0.717, 1.165) is 12.8 Å². The Kier molecular flexibility index (Phi) is 6.29. The molecule has 0 unspecified atom stereocenters. The van der Waals surface area contributed by atoms with Gasteiger partial charge in [-0.15, -0.1) is 0 Å². The van der Waals surface area contributed by atoms with Crippen LogP contribution in [0.1, 0.15) is 36.0 Å². The second-order valence-corrected chi connectivity index (χ2v) is 9.88. The SMILES string of the molecule is O=C(c1cnn(-c2ccc(F)cc2)c1-n1cccc1)N1CCC[C@H](C(=O)N2CCC3(CC2)OCCO3)C1. The zero-order chi connectivity index (χ0) is 25.4. The predicted molar refractivity (Wildman–Crippen MR) is 132 cm³/mol. The fourth-order valence-electron chi connectivity index (χ4n) is 5.63. The number of likely N-dealkylation sites (tertiary alicyclic amines) is 2. The van der Waals surface area contributed by atoms with E-state index in [1.807, 2.05) is 34.0 Å². The van der Waals surface area contributed by atoms with E-state index in [1.54, 1.807) is 27.9 Å². The lowest BCUT2D eigenvalue weighted by molar-refractivity contribution is -0.188. The van der Waals surface area contributed by atoms with Crippen LogP contribution in [0.4, 0.5) is 4.39 Å². The molecule has 194 valence electrons. The number of carbonyl (C=O) groups is 2. The molecule has 1 atom stereocenters. The molecule has 0 saturated carbocycles. The van der Waals surface area contributed by atoms with Gasteiger partial charge in [0.05, 0.1) is 31.0 Å². The monoisotopic (exact) mass is 507 g/mol. The van der Waals surface area contributed by atoms with Crippen LogP contribution in [0.3, 0.4) is 0 Å². The van der Waals surface area contributed by atoms with Gasteiger partial charge in [0.1, 0.15) is 11.4 Å². The van der Waals surface area contributed by atoms with E-state index in [0.29, 0.717) is 69.3 Å². The molecule has 6 rings (SSSR count). The van der Waals surface area contributed by atoms with E-state index < -0.39 is 5.79 Å². The zero-order valence-corrected chi connectivity index (χ0v) is 20.6. The van der Waals surface area contributed by atoms with Crippen LogP contribution < -0.4 is 0 Å². The Morgan fingerprint density at radius 2 is 1.68 bits per heavy atom. The summed E-state index contributed by atoms with van der Waals surface area (Å²) in [4.78, 5) is 30.8. The molecule has 0 radical (unpaired) electrons. The van der Waals surface area contributed by atoms with Gasteiger partial charge in [0.2, 0.25) is 5.91 Å². The fourth-order valence-corrected chi connectivity index (χ4v) is 5.63. The minimum Gasteiger partial charge on any atom is -0.347 e. The first-order valence-corrected chi connectivity index (χ1v) is 12.9. The zero-order valence-electron chi connectivity index (χ0n) is 20.6. The van der Waals surface area contributed by atoms with Gasteiger partial charge in [-0.05, 0) is 49.2 Å². The average molecular weight is 508 g/mol. The van der Waals surface area contributed by atoms with Crippen molar-refractivity contribution < 1.29 is 23.5 Å². The summed E-state index contributed by atoms with van der Waals surface area (Å²) < 4.78 is 28.6. The van der Waals surface area contributed by atoms with E-state index in [1.165, 1.54) is 12.1 Å². The van der Waals surface area contributed by atoms with Crippen molar-refractivity contribution in [2.24, 2.45) is 5.92 Å². The Bertz CT molecular complexity index is 1260. The van der Waals surface area contributed by atoms with E-state index in [9.17, 15) is 14.0 Å². The topological polar surface area (TPSA) is 81.8 Å². The number of halogens is 1. The van der Waals surface area contributed by atoms with Gasteiger partial charge in [-0.25, -0.2) is 9.07 Å². The van der Waals surface area contributed by atoms with Crippen LogP contribution in [0, 0.1) is 11.7 Å². The standard InChI is InChI=1S/C27H30FN5O4/c28-21-5-7-22(8-6-21)33-24(30-11-1-2-12-30)23(18-29-33)26(35)32-13-3-4-20(19-32)25(34)31-14-9-27(10-15-31)36-16-17-37-27/h1-2,5-8,11-12,18,20H,3-4,9-10,13-17,19H2/t20-/m0/s1. The smallest absolute Gasteiger partial charge is 0.259 e. The van der Waals surface area contributed by atoms with Crippen LogP contribution in [-0.4, -0.2) is 81.1 Å². The van der Waals surface area contributed by atoms with Crippen LogP contribution in [0.5, 0.6) is 0 Å². The van der Waals surface area contributed by atoms with Crippen molar-refractivity contribution in [3.8, 4) is 11.5 Å². The van der Waals surface area contributed by atoms with Gasteiger partial charge in [-0.3, -0.25) is 9.59 Å². The highest BCUT2D eigenvalue weighted by Crippen LogP contribution is 2.33. The van der Waals surface area contributed by atoms with E-state index in [4.69, 9.17) is 9.47 Å². The first kappa shape index (κ1) is 23.9. The summed E-state index contributed by atoms with van der Waals surface area (Å²) in [6.45, 7) is 3.38. The number of carbonyl (C=O) groups excluding carboxylic acids is 2. The van der Waals surface area contributed by atoms with Crippen LogP contribution in [0.25, 0.3) is 11.5 Å². The molecule has 3 saturated heterocycles. The molecule has 0 aliphatic carbocycles. The Hall–Kier alpha value is -3.50. The maximum Gasteiger partial charge on any atom is 0.259 e. The average Bonchev–Trinajstić information content (AvgIpc) is 3.70. The van der Waals surface area contributed by atoms with E-state index in [-0.39, 0.29) is 23.5 Å². The van der Waals surface area contributed by atoms with Gasteiger partial charge in [0.25, 0.3) is 5.91 Å². The van der Waals surface area contributed by atoms with Crippen LogP contribution in [0.15, 0.2) is 55.0 Å². The van der Waals surface area contributed by atoms with Gasteiger partial charge in [-0.2, -0.15) is 5.10 Å². The summed E-state index contributed by atoms with van der Waals surface area (Å²) in [6, 6.07) is 9.73. The summed E-state index contributed by atoms with van der Waals surface area (Å²) in [7, 11) is 0. The molecule has 3 aliphatic heterocycles. The van der Waals surface area contributed by atoms with Crippen molar-refractivity contribution in [2.45, 2.75) is 31.5 Å². The molecule has 37 heavy (non-hydrogen) atoms. The molecule has 3 aliphatic rings. The quantitative estimate of drug-likeness (QED) is 0.542. The number of amides is 2. The molecule has 0 N–H and O–H groups in total. The molecule has 3 fully saturated rings. The first-order chi connectivity index (χ1) is 18.0. The molecule has 1 aromatic carbocycles. The van der Waals surface area contributed by atoms with Crippen molar-refractivity contribution in [2.75, 3.05) is 39.4 Å². The highest BCUT2D eigenvalue weighted by Gasteiger charge is 2.42. The van der Waals surface area contributed by atoms with Gasteiger partial charge < -0.3 is 23.8 Å². The van der Waals surface area contributed by atoms with Crippen molar-refractivity contribution >= 4 is 11.8 Å². The molecule has 2 aromatic heterocycles. The normalized spacial score (nSPS) is 21.5. The van der Waals surface area contributed by atoms with Crippen molar-refractivity contribution in [3.05, 3.63) is 66.4 Å². The first-order valence-electron chi connectivity index (χ1n) is 12.9. The largest absolute Gasteiger partial charge is 0.347 e. The molecular weight excluding hydrogens is 477 g/mol. The Balaban J connectivity index is 1.20. The highest BCUT2D eigenvalue weighted by molar-refractivity contribution is 5.97. The van der Waals surface area contributed by atoms with E-state index in [2.05, 4.69) is 5.10 Å². The number of benzene rings is 1. The Morgan fingerprint density at radius 1 is 0.973 bits per heavy atom. The Morgan fingerprint density at radius 3 is 2.38 bits per heavy atom. The molecule has 9 nitrogen and oxygen atoms in total. The molecule has 1 spiro atoms. The number of hydrogen-bond acceptors (Lipinski definition) is 5. The van der Waals surface area contributed by atoms with Crippen molar-refractivity contribution in [1.29, 1.82) is 0 Å². The third kappa shape index (κ3) is 4.55. The summed E-state index contributed by atoms with van der Waals surface area (Å²) in [5, 5.41) is 4.48. The molecule has 0 bridgehead atoms. The minimum absolute atomic E-state index is 0.0954. The molecule has 2 amide bonds. The summed E-state index contributed by atoms with van der Waals surface area (Å²) in [6.07, 6.45) is 8.12. The van der Waals surface area contributed by atoms with Crippen LogP contribution >= 0.6 is 0 Å². The van der Waals surface area contributed by atoms with Gasteiger partial charge >= 0.3 is 0 Å². The lowest BCUT2D eigenvalue weighted by atomic mass is 9.94. The lowest BCUT2D eigenvalue weighted by Crippen LogP contribution is -2.51. The Labute approximate surface area is 214 Å². The number of nitrogens with zero attached hydrogens (tertiary/aromatic N) is 5. The summed E-state index contributed by atoms with van der Waals surface area (Å²) in [5.74, 6) is -0.596. The number of rotatable bonds is 4.